The van der Waals surface area contributed by atoms with E-state index in [0.29, 0.717) is 0 Å². The van der Waals surface area contributed by atoms with Crippen molar-refractivity contribution >= 4 is 41.1 Å². The van der Waals surface area contributed by atoms with Gasteiger partial charge in [0.15, 0.2) is 5.78 Å². The second kappa shape index (κ2) is 10.4. The molecule has 0 atom stereocenters. The fourth-order valence-corrected chi connectivity index (χ4v) is 2.20. The van der Waals surface area contributed by atoms with Crippen LogP contribution in [0.2, 0.25) is 5.02 Å². The minimum atomic E-state index is -1.81. The topological polar surface area (TPSA) is 108 Å². The molecule has 26 heavy (non-hydrogen) atoms. The van der Waals surface area contributed by atoms with E-state index in [4.69, 9.17) is 25.8 Å². The van der Waals surface area contributed by atoms with E-state index in [0.717, 1.165) is 0 Å². The molecule has 0 spiro atoms. The molecule has 8 nitrogen and oxygen atoms in total. The van der Waals surface area contributed by atoms with E-state index < -0.39 is 29.7 Å². The molecule has 0 saturated carbocycles. The van der Waals surface area contributed by atoms with Crippen molar-refractivity contribution in [3.8, 4) is 0 Å². The van der Waals surface area contributed by atoms with Crippen molar-refractivity contribution in [3.63, 3.8) is 0 Å². The maximum absolute atomic E-state index is 12.8. The molecule has 1 aromatic carbocycles. The third-order valence-corrected chi connectivity index (χ3v) is 3.30. The lowest BCUT2D eigenvalue weighted by molar-refractivity contribution is -0.158. The van der Waals surface area contributed by atoms with Gasteiger partial charge in [-0.15, -0.1) is 0 Å². The van der Waals surface area contributed by atoms with Crippen LogP contribution in [0.1, 0.15) is 31.1 Å². The predicted octanol–water partition coefficient (Wildman–Crippen LogP) is 2.83. The van der Waals surface area contributed by atoms with Crippen molar-refractivity contribution in [1.82, 2.24) is 0 Å². The van der Waals surface area contributed by atoms with E-state index in [1.54, 1.807) is 20.8 Å². The molecular formula is C17H20ClNO7. The third kappa shape index (κ3) is 5.73. The molecule has 1 N–H and O–H groups in total. The monoisotopic (exact) mass is 385 g/mol. The number of esters is 2. The normalized spacial score (nSPS) is 10.2. The number of halogens is 1. The highest BCUT2D eigenvalue weighted by molar-refractivity contribution is 6.31. The summed E-state index contributed by atoms with van der Waals surface area (Å²) in [5.74, 6) is -4.76. The number of hydrogen-bond donors (Lipinski definition) is 1. The standard InChI is InChI=1S/C17H20ClNO7/c1-4-24-15(21)13(16(22)25-5-2)14(20)11-8-7-10(18)9-12(11)19-17(23)26-6-3/h7-9,13H,4-6H2,1-3H3,(H,19,23). The fraction of sp³-hybridized carbons (Fsp3) is 0.412. The van der Waals surface area contributed by atoms with Crippen LogP contribution < -0.4 is 5.32 Å². The first-order valence-corrected chi connectivity index (χ1v) is 8.34. The van der Waals surface area contributed by atoms with Crippen molar-refractivity contribution in [3.05, 3.63) is 28.8 Å². The van der Waals surface area contributed by atoms with Crippen molar-refractivity contribution < 1.29 is 33.4 Å². The summed E-state index contributed by atoms with van der Waals surface area (Å²) in [5.41, 5.74) is -0.104. The Bertz CT molecular complexity index is 672. The Balaban J connectivity index is 3.27. The van der Waals surface area contributed by atoms with Crippen LogP contribution >= 0.6 is 11.6 Å². The Hall–Kier alpha value is -2.61. The van der Waals surface area contributed by atoms with Gasteiger partial charge in [0.05, 0.1) is 25.5 Å². The van der Waals surface area contributed by atoms with Gasteiger partial charge in [0.25, 0.3) is 0 Å². The molecule has 0 unspecified atom stereocenters. The summed E-state index contributed by atoms with van der Waals surface area (Å²) in [6.07, 6.45) is -0.812. The molecule has 0 aliphatic heterocycles. The van der Waals surface area contributed by atoms with Crippen LogP contribution in [0.3, 0.4) is 0 Å². The number of anilines is 1. The predicted molar refractivity (Wildman–Crippen MR) is 93.2 cm³/mol. The Labute approximate surface area is 155 Å². The van der Waals surface area contributed by atoms with Crippen LogP contribution in [0, 0.1) is 5.92 Å². The molecule has 0 aliphatic rings. The largest absolute Gasteiger partial charge is 0.465 e. The van der Waals surface area contributed by atoms with Crippen LogP contribution in [0.25, 0.3) is 0 Å². The van der Waals surface area contributed by atoms with Gasteiger partial charge in [-0.05, 0) is 39.0 Å². The van der Waals surface area contributed by atoms with E-state index >= 15 is 0 Å². The molecule has 0 radical (unpaired) electrons. The average molecular weight is 386 g/mol. The number of amides is 1. The van der Waals surface area contributed by atoms with Gasteiger partial charge in [0, 0.05) is 10.6 Å². The zero-order chi connectivity index (χ0) is 19.7. The first-order valence-electron chi connectivity index (χ1n) is 7.96. The molecule has 1 amide bonds. The van der Waals surface area contributed by atoms with Gasteiger partial charge in [-0.25, -0.2) is 4.79 Å². The Morgan fingerprint density at radius 2 is 1.50 bits per heavy atom. The zero-order valence-electron chi connectivity index (χ0n) is 14.7. The van der Waals surface area contributed by atoms with Crippen LogP contribution in [0.15, 0.2) is 18.2 Å². The number of nitrogens with one attached hydrogen (secondary N) is 1. The highest BCUT2D eigenvalue weighted by Gasteiger charge is 2.38. The van der Waals surface area contributed by atoms with Crippen molar-refractivity contribution in [1.29, 1.82) is 0 Å². The number of rotatable bonds is 8. The lowest BCUT2D eigenvalue weighted by atomic mass is 9.96. The fourth-order valence-electron chi connectivity index (χ4n) is 2.03. The Morgan fingerprint density at radius 3 is 2.00 bits per heavy atom. The highest BCUT2D eigenvalue weighted by atomic mass is 35.5. The van der Waals surface area contributed by atoms with Gasteiger partial charge in [0.1, 0.15) is 0 Å². The summed E-state index contributed by atoms with van der Waals surface area (Å²) in [7, 11) is 0. The van der Waals surface area contributed by atoms with Crippen molar-refractivity contribution in [2.45, 2.75) is 20.8 Å². The maximum Gasteiger partial charge on any atom is 0.411 e. The lowest BCUT2D eigenvalue weighted by Crippen LogP contribution is -2.35. The average Bonchev–Trinajstić information content (AvgIpc) is 2.55. The van der Waals surface area contributed by atoms with E-state index in [-0.39, 0.29) is 36.1 Å². The summed E-state index contributed by atoms with van der Waals surface area (Å²) < 4.78 is 14.4. The number of ketones is 1. The summed E-state index contributed by atoms with van der Waals surface area (Å²) in [4.78, 5) is 48.7. The van der Waals surface area contributed by atoms with Gasteiger partial charge < -0.3 is 14.2 Å². The first kappa shape index (κ1) is 21.4. The van der Waals surface area contributed by atoms with Crippen molar-refractivity contribution in [2.24, 2.45) is 5.92 Å². The van der Waals surface area contributed by atoms with Gasteiger partial charge in [0.2, 0.25) is 5.92 Å². The van der Waals surface area contributed by atoms with E-state index in [1.165, 1.54) is 18.2 Å². The molecule has 9 heteroatoms. The van der Waals surface area contributed by atoms with Gasteiger partial charge in [-0.3, -0.25) is 19.7 Å². The molecular weight excluding hydrogens is 366 g/mol. The second-order valence-electron chi connectivity index (χ2n) is 4.84. The minimum absolute atomic E-state index is 0.000420. The number of benzene rings is 1. The van der Waals surface area contributed by atoms with Crippen LogP contribution in [0.4, 0.5) is 10.5 Å². The quantitative estimate of drug-likeness (QED) is 0.317. The summed E-state index contributed by atoms with van der Waals surface area (Å²) in [6.45, 7) is 4.78. The zero-order valence-corrected chi connectivity index (χ0v) is 15.4. The van der Waals surface area contributed by atoms with Crippen LogP contribution in [0.5, 0.6) is 0 Å². The number of hydrogen-bond acceptors (Lipinski definition) is 7. The molecule has 142 valence electrons. The first-order chi connectivity index (χ1) is 12.3. The SMILES string of the molecule is CCOC(=O)Nc1cc(Cl)ccc1C(=O)C(C(=O)OCC)C(=O)OCC. The van der Waals surface area contributed by atoms with E-state index in [1.807, 2.05) is 0 Å². The molecule has 0 fully saturated rings. The molecule has 0 aromatic heterocycles. The Morgan fingerprint density at radius 1 is 0.962 bits per heavy atom. The Kier molecular flexibility index (Phi) is 8.57. The van der Waals surface area contributed by atoms with Crippen LogP contribution in [-0.4, -0.2) is 43.6 Å². The van der Waals surface area contributed by atoms with Gasteiger partial charge in [-0.1, -0.05) is 11.6 Å². The smallest absolute Gasteiger partial charge is 0.411 e. The number of carbonyl (C=O) groups excluding carboxylic acids is 4. The van der Waals surface area contributed by atoms with Gasteiger partial charge in [-0.2, -0.15) is 0 Å². The summed E-state index contributed by atoms with van der Waals surface area (Å²) >= 11 is 5.90. The lowest BCUT2D eigenvalue weighted by Gasteiger charge is -2.16. The molecule has 0 saturated heterocycles. The molecule has 0 aliphatic carbocycles. The van der Waals surface area contributed by atoms with Crippen LogP contribution in [-0.2, 0) is 23.8 Å². The summed E-state index contributed by atoms with van der Waals surface area (Å²) in [5, 5.41) is 2.59. The van der Waals surface area contributed by atoms with Crippen molar-refractivity contribution in [2.75, 3.05) is 25.1 Å². The van der Waals surface area contributed by atoms with E-state index in [2.05, 4.69) is 5.32 Å². The molecule has 1 aromatic rings. The number of carbonyl (C=O) groups is 4. The molecule has 1 rings (SSSR count). The highest BCUT2D eigenvalue weighted by Crippen LogP contribution is 2.25. The third-order valence-electron chi connectivity index (χ3n) is 3.07. The second-order valence-corrected chi connectivity index (χ2v) is 5.27. The molecule has 0 heterocycles. The number of Topliss-reactive ketones (excluding diaryl/α,β-unsaturated/α-hetero) is 1. The summed E-state index contributed by atoms with van der Waals surface area (Å²) in [6, 6.07) is 3.98. The maximum atomic E-state index is 12.8. The van der Waals surface area contributed by atoms with E-state index in [9.17, 15) is 19.2 Å². The molecule has 0 bridgehead atoms. The van der Waals surface area contributed by atoms with Gasteiger partial charge >= 0.3 is 18.0 Å². The minimum Gasteiger partial charge on any atom is -0.465 e. The number of ether oxygens (including phenoxy) is 3.